The Kier molecular flexibility index (Phi) is 6.85. The molecule has 2 heterocycles. The Morgan fingerprint density at radius 2 is 1.93 bits per heavy atom. The van der Waals surface area contributed by atoms with E-state index in [1.165, 1.54) is 6.07 Å². The van der Waals surface area contributed by atoms with E-state index in [0.717, 1.165) is 51.1 Å². The first-order chi connectivity index (χ1) is 13.4. The van der Waals surface area contributed by atoms with Crippen LogP contribution in [-0.4, -0.2) is 72.1 Å². The number of ether oxygens (including phenoxy) is 1. The number of hydrogen-bond donors (Lipinski definition) is 1. The van der Waals surface area contributed by atoms with E-state index < -0.39 is 4.92 Å². The van der Waals surface area contributed by atoms with Crippen molar-refractivity contribution in [3.05, 3.63) is 33.9 Å². The minimum atomic E-state index is -0.478. The zero-order valence-corrected chi connectivity index (χ0v) is 16.7. The van der Waals surface area contributed by atoms with Gasteiger partial charge in [-0.3, -0.25) is 19.8 Å². The molecule has 0 spiro atoms. The van der Waals surface area contributed by atoms with Gasteiger partial charge >= 0.3 is 0 Å². The standard InChI is InChI=1S/C20H30N4O4/c1-15-13-22(14-16(2)28-15)9-5-8-21-17-6-7-19(24(26)27)18(12-17)20(25)23-10-3-4-11-23/h6-7,12,15-16,21H,3-5,8-11,13-14H2,1-2H3. The van der Waals surface area contributed by atoms with Gasteiger partial charge in [0.2, 0.25) is 0 Å². The molecule has 0 bridgehead atoms. The summed E-state index contributed by atoms with van der Waals surface area (Å²) in [7, 11) is 0. The van der Waals surface area contributed by atoms with Crippen molar-refractivity contribution >= 4 is 17.3 Å². The van der Waals surface area contributed by atoms with Crippen molar-refractivity contribution in [3.63, 3.8) is 0 Å². The lowest BCUT2D eigenvalue weighted by molar-refractivity contribution is -0.385. The zero-order chi connectivity index (χ0) is 20.1. The monoisotopic (exact) mass is 390 g/mol. The smallest absolute Gasteiger partial charge is 0.282 e. The highest BCUT2D eigenvalue weighted by atomic mass is 16.6. The molecule has 1 aromatic carbocycles. The molecule has 2 aliphatic rings. The summed E-state index contributed by atoms with van der Waals surface area (Å²) in [5.41, 5.74) is 0.795. The van der Waals surface area contributed by atoms with E-state index in [1.54, 1.807) is 17.0 Å². The van der Waals surface area contributed by atoms with E-state index >= 15 is 0 Å². The van der Waals surface area contributed by atoms with Crippen LogP contribution in [-0.2, 0) is 4.74 Å². The summed E-state index contributed by atoms with van der Waals surface area (Å²) in [4.78, 5) is 27.7. The first kappa shape index (κ1) is 20.5. The number of nitro groups is 1. The summed E-state index contributed by atoms with van der Waals surface area (Å²) in [5, 5.41) is 14.6. The Morgan fingerprint density at radius 1 is 1.25 bits per heavy atom. The predicted octanol–water partition coefficient (Wildman–Crippen LogP) is 2.74. The maximum atomic E-state index is 12.7. The Hall–Kier alpha value is -2.19. The SMILES string of the molecule is CC1CN(CCCNc2ccc([N+](=O)[O-])c(C(=O)N3CCCC3)c2)CC(C)O1. The van der Waals surface area contributed by atoms with Crippen molar-refractivity contribution in [2.45, 2.75) is 45.3 Å². The van der Waals surface area contributed by atoms with Gasteiger partial charge in [-0.05, 0) is 45.2 Å². The topological polar surface area (TPSA) is 87.9 Å². The van der Waals surface area contributed by atoms with Crippen molar-refractivity contribution in [3.8, 4) is 0 Å². The lowest BCUT2D eigenvalue weighted by atomic mass is 10.1. The average molecular weight is 390 g/mol. The fraction of sp³-hybridized carbons (Fsp3) is 0.650. The quantitative estimate of drug-likeness (QED) is 0.438. The summed E-state index contributed by atoms with van der Waals surface area (Å²) in [6.07, 6.45) is 3.37. The van der Waals surface area contributed by atoms with Crippen molar-refractivity contribution < 1.29 is 14.5 Å². The molecular weight excluding hydrogens is 360 g/mol. The number of nitro benzene ring substituents is 1. The van der Waals surface area contributed by atoms with Crippen LogP contribution in [0.5, 0.6) is 0 Å². The molecular formula is C20H30N4O4. The fourth-order valence-electron chi connectivity index (χ4n) is 4.07. The molecule has 0 radical (unpaired) electrons. The number of anilines is 1. The Morgan fingerprint density at radius 3 is 2.57 bits per heavy atom. The van der Waals surface area contributed by atoms with Crippen LogP contribution in [0.15, 0.2) is 18.2 Å². The minimum absolute atomic E-state index is 0.126. The van der Waals surface area contributed by atoms with Crippen molar-refractivity contribution in [1.82, 2.24) is 9.80 Å². The number of carbonyl (C=O) groups excluding carboxylic acids is 1. The molecule has 3 rings (SSSR count). The van der Waals surface area contributed by atoms with Crippen molar-refractivity contribution in [1.29, 1.82) is 0 Å². The molecule has 2 fully saturated rings. The molecule has 2 unspecified atom stereocenters. The molecule has 1 aromatic rings. The normalized spacial score (nSPS) is 23.0. The third kappa shape index (κ3) is 5.20. The molecule has 8 heteroatoms. The average Bonchev–Trinajstić information content (AvgIpc) is 3.18. The summed E-state index contributed by atoms with van der Waals surface area (Å²) in [5.74, 6) is -0.246. The first-order valence-electron chi connectivity index (χ1n) is 10.1. The number of likely N-dealkylation sites (tertiary alicyclic amines) is 1. The number of nitrogens with zero attached hydrogens (tertiary/aromatic N) is 3. The van der Waals surface area contributed by atoms with Gasteiger partial charge in [0.25, 0.3) is 11.6 Å². The van der Waals surface area contributed by atoms with E-state index in [1.807, 2.05) is 0 Å². The van der Waals surface area contributed by atoms with E-state index in [0.29, 0.717) is 13.1 Å². The van der Waals surface area contributed by atoms with Gasteiger partial charge in [-0.25, -0.2) is 0 Å². The third-order valence-electron chi connectivity index (χ3n) is 5.29. The maximum absolute atomic E-state index is 12.7. The minimum Gasteiger partial charge on any atom is -0.385 e. The molecule has 28 heavy (non-hydrogen) atoms. The fourth-order valence-corrected chi connectivity index (χ4v) is 4.07. The van der Waals surface area contributed by atoms with E-state index in [9.17, 15) is 14.9 Å². The van der Waals surface area contributed by atoms with Crippen LogP contribution in [0.2, 0.25) is 0 Å². The molecule has 0 aliphatic carbocycles. The van der Waals surface area contributed by atoms with Gasteiger partial charge in [0, 0.05) is 51.0 Å². The molecule has 1 N–H and O–H groups in total. The summed E-state index contributed by atoms with van der Waals surface area (Å²) >= 11 is 0. The number of nitrogens with one attached hydrogen (secondary N) is 1. The van der Waals surface area contributed by atoms with Crippen molar-refractivity contribution in [2.75, 3.05) is 44.6 Å². The second-order valence-corrected chi connectivity index (χ2v) is 7.79. The predicted molar refractivity (Wildman–Crippen MR) is 108 cm³/mol. The van der Waals surface area contributed by atoms with Gasteiger partial charge in [-0.15, -0.1) is 0 Å². The number of morpholine rings is 1. The summed E-state index contributed by atoms with van der Waals surface area (Å²) in [6.45, 7) is 9.13. The molecule has 0 saturated carbocycles. The van der Waals surface area contributed by atoms with Crippen LogP contribution in [0.3, 0.4) is 0 Å². The highest BCUT2D eigenvalue weighted by molar-refractivity contribution is 5.99. The van der Waals surface area contributed by atoms with Gasteiger partial charge in [0.05, 0.1) is 17.1 Å². The molecule has 2 saturated heterocycles. The maximum Gasteiger partial charge on any atom is 0.282 e. The highest BCUT2D eigenvalue weighted by Crippen LogP contribution is 2.25. The zero-order valence-electron chi connectivity index (χ0n) is 16.7. The van der Waals surface area contributed by atoms with Gasteiger partial charge in [0.1, 0.15) is 5.56 Å². The summed E-state index contributed by atoms with van der Waals surface area (Å²) in [6, 6.07) is 4.73. The largest absolute Gasteiger partial charge is 0.385 e. The second kappa shape index (κ2) is 9.34. The second-order valence-electron chi connectivity index (χ2n) is 7.79. The number of hydrogen-bond acceptors (Lipinski definition) is 6. The van der Waals surface area contributed by atoms with Crippen LogP contribution >= 0.6 is 0 Å². The third-order valence-corrected chi connectivity index (χ3v) is 5.29. The van der Waals surface area contributed by atoms with Crippen LogP contribution in [0.1, 0.15) is 43.5 Å². The number of benzene rings is 1. The molecule has 8 nitrogen and oxygen atoms in total. The molecule has 1 amide bonds. The van der Waals surface area contributed by atoms with Crippen LogP contribution in [0.4, 0.5) is 11.4 Å². The lowest BCUT2D eigenvalue weighted by Gasteiger charge is -2.35. The highest BCUT2D eigenvalue weighted by Gasteiger charge is 2.27. The van der Waals surface area contributed by atoms with E-state index in [4.69, 9.17) is 4.74 Å². The number of amides is 1. The van der Waals surface area contributed by atoms with Gasteiger partial charge in [0.15, 0.2) is 0 Å². The molecule has 154 valence electrons. The first-order valence-corrected chi connectivity index (χ1v) is 10.1. The Bertz CT molecular complexity index is 695. The van der Waals surface area contributed by atoms with E-state index in [2.05, 4.69) is 24.1 Å². The molecule has 0 aromatic heterocycles. The Balaban J connectivity index is 1.57. The Labute approximate surface area is 166 Å². The molecule has 2 aliphatic heterocycles. The summed E-state index contributed by atoms with van der Waals surface area (Å²) < 4.78 is 5.75. The van der Waals surface area contributed by atoms with Crippen molar-refractivity contribution in [2.24, 2.45) is 0 Å². The van der Waals surface area contributed by atoms with Crippen LogP contribution in [0.25, 0.3) is 0 Å². The number of rotatable bonds is 7. The van der Waals surface area contributed by atoms with Gasteiger partial charge in [-0.2, -0.15) is 0 Å². The van der Waals surface area contributed by atoms with E-state index in [-0.39, 0.29) is 29.4 Å². The molecule has 2 atom stereocenters. The van der Waals surface area contributed by atoms with Crippen LogP contribution in [0, 0.1) is 10.1 Å². The van der Waals surface area contributed by atoms with Crippen LogP contribution < -0.4 is 5.32 Å². The van der Waals surface area contributed by atoms with Gasteiger partial charge in [-0.1, -0.05) is 0 Å². The lowest BCUT2D eigenvalue weighted by Crippen LogP contribution is -2.45. The van der Waals surface area contributed by atoms with Gasteiger partial charge < -0.3 is 15.0 Å². The number of carbonyl (C=O) groups is 1.